The van der Waals surface area contributed by atoms with Crippen LogP contribution in [0.25, 0.3) is 0 Å². The molecular formula is C14H19NO. The van der Waals surface area contributed by atoms with Crippen molar-refractivity contribution in [3.8, 4) is 0 Å². The van der Waals surface area contributed by atoms with Gasteiger partial charge in [-0.2, -0.15) is 0 Å². The Labute approximate surface area is 97.0 Å². The molecular weight excluding hydrogens is 198 g/mol. The van der Waals surface area contributed by atoms with Gasteiger partial charge in [-0.25, -0.2) is 0 Å². The van der Waals surface area contributed by atoms with Gasteiger partial charge in [-0.3, -0.25) is 0 Å². The van der Waals surface area contributed by atoms with E-state index in [4.69, 9.17) is 4.74 Å². The third-order valence-electron chi connectivity index (χ3n) is 3.80. The van der Waals surface area contributed by atoms with E-state index in [1.807, 2.05) is 0 Å². The molecule has 2 atom stereocenters. The maximum atomic E-state index is 5.43. The molecule has 86 valence electrons. The van der Waals surface area contributed by atoms with Crippen molar-refractivity contribution in [2.24, 2.45) is 0 Å². The van der Waals surface area contributed by atoms with Gasteiger partial charge in [-0.1, -0.05) is 24.3 Å². The van der Waals surface area contributed by atoms with Crippen LogP contribution in [-0.2, 0) is 4.74 Å². The first-order valence-corrected chi connectivity index (χ1v) is 6.34. The van der Waals surface area contributed by atoms with Gasteiger partial charge in [-0.15, -0.1) is 0 Å². The van der Waals surface area contributed by atoms with E-state index in [0.717, 1.165) is 13.2 Å². The van der Waals surface area contributed by atoms with Crippen LogP contribution in [0.2, 0.25) is 0 Å². The molecule has 2 heterocycles. The lowest BCUT2D eigenvalue weighted by molar-refractivity contribution is 0.194. The Morgan fingerprint density at radius 1 is 1.06 bits per heavy atom. The van der Waals surface area contributed by atoms with E-state index in [-0.39, 0.29) is 0 Å². The van der Waals surface area contributed by atoms with E-state index in [2.05, 4.69) is 29.6 Å². The smallest absolute Gasteiger partial charge is 0.0535 e. The van der Waals surface area contributed by atoms with Crippen molar-refractivity contribution in [3.05, 3.63) is 35.4 Å². The number of hydrogen-bond donors (Lipinski definition) is 1. The van der Waals surface area contributed by atoms with Crippen molar-refractivity contribution >= 4 is 0 Å². The Bertz CT molecular complexity index is 299. The number of hydrogen-bond acceptors (Lipinski definition) is 2. The van der Waals surface area contributed by atoms with Crippen LogP contribution < -0.4 is 5.32 Å². The first-order valence-electron chi connectivity index (χ1n) is 6.34. The second kappa shape index (κ2) is 4.56. The van der Waals surface area contributed by atoms with Crippen molar-refractivity contribution in [1.29, 1.82) is 0 Å². The van der Waals surface area contributed by atoms with Crippen molar-refractivity contribution in [2.45, 2.75) is 31.2 Å². The molecule has 1 aromatic rings. The molecule has 3 rings (SSSR count). The summed E-state index contributed by atoms with van der Waals surface area (Å²) in [6.07, 6.45) is 3.77. The molecule has 2 fully saturated rings. The Hall–Kier alpha value is -0.860. The monoisotopic (exact) mass is 217 g/mol. The number of rotatable bonds is 2. The van der Waals surface area contributed by atoms with Gasteiger partial charge in [0.05, 0.1) is 6.61 Å². The van der Waals surface area contributed by atoms with Gasteiger partial charge in [0.25, 0.3) is 0 Å². The predicted octanol–water partition coefficient (Wildman–Crippen LogP) is 2.62. The van der Waals surface area contributed by atoms with Crippen LogP contribution in [0.3, 0.4) is 0 Å². The van der Waals surface area contributed by atoms with Crippen molar-refractivity contribution in [1.82, 2.24) is 5.32 Å². The average molecular weight is 217 g/mol. The number of nitrogens with one attached hydrogen (secondary N) is 1. The lowest BCUT2D eigenvalue weighted by Gasteiger charge is -2.13. The van der Waals surface area contributed by atoms with Gasteiger partial charge in [0.1, 0.15) is 0 Å². The van der Waals surface area contributed by atoms with Crippen LogP contribution in [0, 0.1) is 0 Å². The van der Waals surface area contributed by atoms with Gasteiger partial charge in [0, 0.05) is 18.6 Å². The quantitative estimate of drug-likeness (QED) is 0.822. The second-order valence-electron chi connectivity index (χ2n) is 4.88. The summed E-state index contributed by atoms with van der Waals surface area (Å²) in [6, 6.07) is 9.74. The molecule has 0 aliphatic carbocycles. The normalized spacial score (nSPS) is 29.8. The molecule has 0 amide bonds. The van der Waals surface area contributed by atoms with Gasteiger partial charge in [0.15, 0.2) is 0 Å². The molecule has 2 aliphatic rings. The standard InChI is InChI=1S/C14H19NO/c1-2-14(15-8-1)12-5-3-11(4-6-12)13-7-9-16-10-13/h3-6,13-15H,1-2,7-10H2. The first-order chi connectivity index (χ1) is 7.93. The van der Waals surface area contributed by atoms with Crippen LogP contribution in [0.5, 0.6) is 0 Å². The molecule has 1 aromatic carbocycles. The lowest BCUT2D eigenvalue weighted by Crippen LogP contribution is -2.12. The topological polar surface area (TPSA) is 21.3 Å². The van der Waals surface area contributed by atoms with E-state index in [1.54, 1.807) is 0 Å². The fourth-order valence-electron chi connectivity index (χ4n) is 2.77. The van der Waals surface area contributed by atoms with Crippen LogP contribution in [0.4, 0.5) is 0 Å². The van der Waals surface area contributed by atoms with E-state index in [0.29, 0.717) is 12.0 Å². The molecule has 2 nitrogen and oxygen atoms in total. The summed E-state index contributed by atoms with van der Waals surface area (Å²) in [7, 11) is 0. The molecule has 0 saturated carbocycles. The number of ether oxygens (including phenoxy) is 1. The van der Waals surface area contributed by atoms with E-state index in [9.17, 15) is 0 Å². The van der Waals surface area contributed by atoms with Crippen LogP contribution >= 0.6 is 0 Å². The van der Waals surface area contributed by atoms with Gasteiger partial charge in [-0.05, 0) is 36.9 Å². The van der Waals surface area contributed by atoms with Gasteiger partial charge < -0.3 is 10.1 Å². The first kappa shape index (κ1) is 10.3. The zero-order valence-corrected chi connectivity index (χ0v) is 9.61. The minimum atomic E-state index is 0.592. The Morgan fingerprint density at radius 3 is 2.50 bits per heavy atom. The van der Waals surface area contributed by atoms with Crippen LogP contribution in [0.1, 0.15) is 42.3 Å². The molecule has 0 radical (unpaired) electrons. The molecule has 0 aromatic heterocycles. The third kappa shape index (κ3) is 2.00. The van der Waals surface area contributed by atoms with Gasteiger partial charge >= 0.3 is 0 Å². The summed E-state index contributed by atoms with van der Waals surface area (Å²) in [4.78, 5) is 0. The fourth-order valence-corrected chi connectivity index (χ4v) is 2.77. The summed E-state index contributed by atoms with van der Waals surface area (Å²) < 4.78 is 5.43. The average Bonchev–Trinajstić information content (AvgIpc) is 3.03. The predicted molar refractivity (Wildman–Crippen MR) is 64.6 cm³/mol. The van der Waals surface area contributed by atoms with E-state index in [1.165, 1.54) is 36.9 Å². The summed E-state index contributed by atoms with van der Waals surface area (Å²) in [5, 5.41) is 3.54. The van der Waals surface area contributed by atoms with E-state index >= 15 is 0 Å². The molecule has 0 bridgehead atoms. The third-order valence-corrected chi connectivity index (χ3v) is 3.80. The Balaban J connectivity index is 1.73. The van der Waals surface area contributed by atoms with Crippen LogP contribution in [-0.4, -0.2) is 19.8 Å². The summed E-state index contributed by atoms with van der Waals surface area (Å²) in [5.74, 6) is 0.630. The Kier molecular flexibility index (Phi) is 2.94. The highest BCUT2D eigenvalue weighted by Gasteiger charge is 2.19. The summed E-state index contributed by atoms with van der Waals surface area (Å²) in [6.45, 7) is 3.00. The summed E-state index contributed by atoms with van der Waals surface area (Å²) in [5.41, 5.74) is 2.89. The molecule has 2 unspecified atom stereocenters. The minimum Gasteiger partial charge on any atom is -0.381 e. The van der Waals surface area contributed by atoms with Crippen molar-refractivity contribution in [3.63, 3.8) is 0 Å². The maximum Gasteiger partial charge on any atom is 0.0535 e. The number of benzene rings is 1. The summed E-state index contributed by atoms with van der Waals surface area (Å²) >= 11 is 0. The molecule has 16 heavy (non-hydrogen) atoms. The SMILES string of the molecule is c1cc(C2CCCN2)ccc1C1CCOC1. The highest BCUT2D eigenvalue weighted by Crippen LogP contribution is 2.28. The lowest BCUT2D eigenvalue weighted by atomic mass is 9.95. The highest BCUT2D eigenvalue weighted by molar-refractivity contribution is 5.28. The largest absolute Gasteiger partial charge is 0.381 e. The fraction of sp³-hybridized carbons (Fsp3) is 0.571. The van der Waals surface area contributed by atoms with Crippen molar-refractivity contribution in [2.75, 3.05) is 19.8 Å². The molecule has 2 aliphatic heterocycles. The molecule has 1 N–H and O–H groups in total. The van der Waals surface area contributed by atoms with Gasteiger partial charge in [0.2, 0.25) is 0 Å². The minimum absolute atomic E-state index is 0.592. The molecule has 2 heteroatoms. The second-order valence-corrected chi connectivity index (χ2v) is 4.88. The zero-order valence-electron chi connectivity index (χ0n) is 9.61. The van der Waals surface area contributed by atoms with Crippen LogP contribution in [0.15, 0.2) is 24.3 Å². The molecule has 0 spiro atoms. The Morgan fingerprint density at radius 2 is 1.88 bits per heavy atom. The molecule has 2 saturated heterocycles. The highest BCUT2D eigenvalue weighted by atomic mass is 16.5. The zero-order chi connectivity index (χ0) is 10.8. The van der Waals surface area contributed by atoms with Crippen molar-refractivity contribution < 1.29 is 4.74 Å². The van der Waals surface area contributed by atoms with E-state index < -0.39 is 0 Å². The maximum absolute atomic E-state index is 5.43.